The molecule has 0 aromatic heterocycles. The van der Waals surface area contributed by atoms with Gasteiger partial charge >= 0.3 is 5.97 Å². The van der Waals surface area contributed by atoms with E-state index in [4.69, 9.17) is 10.2 Å². The highest BCUT2D eigenvalue weighted by atomic mass is 16.4. The highest BCUT2D eigenvalue weighted by molar-refractivity contribution is 5.81. The van der Waals surface area contributed by atoms with Crippen molar-refractivity contribution in [3.05, 3.63) is 0 Å². The predicted molar refractivity (Wildman–Crippen MR) is 56.9 cm³/mol. The largest absolute Gasteiger partial charge is 0.479 e. The van der Waals surface area contributed by atoms with E-state index >= 15 is 0 Å². The Morgan fingerprint density at radius 3 is 2.75 bits per heavy atom. The summed E-state index contributed by atoms with van der Waals surface area (Å²) in [7, 11) is 0. The first-order valence-corrected chi connectivity index (χ1v) is 5.53. The number of hydrogen-bond donors (Lipinski definition) is 4. The molecule has 16 heavy (non-hydrogen) atoms. The smallest absolute Gasteiger partial charge is 0.332 e. The topological polar surface area (TPSA) is 98.7 Å². The molecular weight excluding hydrogens is 212 g/mol. The van der Waals surface area contributed by atoms with Crippen molar-refractivity contribution in [2.24, 2.45) is 0 Å². The fourth-order valence-electron chi connectivity index (χ4n) is 1.65. The zero-order valence-corrected chi connectivity index (χ0v) is 9.11. The molecule has 0 aliphatic carbocycles. The predicted octanol–water partition coefficient (Wildman–Crippen LogP) is -0.920. The van der Waals surface area contributed by atoms with Gasteiger partial charge in [-0.05, 0) is 19.4 Å². The van der Waals surface area contributed by atoms with Crippen molar-refractivity contribution < 1.29 is 19.8 Å². The van der Waals surface area contributed by atoms with E-state index in [1.54, 1.807) is 0 Å². The molecule has 0 saturated carbocycles. The molecule has 1 saturated heterocycles. The fraction of sp³-hybridized carbons (Fsp3) is 0.800. The molecule has 4 N–H and O–H groups in total. The van der Waals surface area contributed by atoms with Crippen LogP contribution in [0.5, 0.6) is 0 Å². The molecule has 1 aliphatic rings. The number of aliphatic hydroxyl groups is 1. The fourth-order valence-corrected chi connectivity index (χ4v) is 1.65. The number of amides is 1. The van der Waals surface area contributed by atoms with Crippen molar-refractivity contribution in [2.75, 3.05) is 13.1 Å². The first-order chi connectivity index (χ1) is 7.61. The van der Waals surface area contributed by atoms with E-state index in [2.05, 4.69) is 10.6 Å². The number of carbonyl (C=O) groups is 2. The van der Waals surface area contributed by atoms with Gasteiger partial charge < -0.3 is 20.8 Å². The monoisotopic (exact) mass is 230 g/mol. The maximum Gasteiger partial charge on any atom is 0.332 e. The lowest BCUT2D eigenvalue weighted by Crippen LogP contribution is -2.47. The summed E-state index contributed by atoms with van der Waals surface area (Å²) in [6, 6.07) is -0.171. The Hall–Kier alpha value is -1.14. The highest BCUT2D eigenvalue weighted by Gasteiger charge is 2.20. The van der Waals surface area contributed by atoms with E-state index < -0.39 is 12.1 Å². The Labute approximate surface area is 94.0 Å². The van der Waals surface area contributed by atoms with Crippen LogP contribution in [0.1, 0.15) is 25.7 Å². The molecule has 0 radical (unpaired) electrons. The van der Waals surface area contributed by atoms with Gasteiger partial charge in [0.2, 0.25) is 5.91 Å². The second-order valence-corrected chi connectivity index (χ2v) is 3.94. The van der Waals surface area contributed by atoms with Gasteiger partial charge in [0.1, 0.15) is 0 Å². The van der Waals surface area contributed by atoms with Crippen LogP contribution in [0, 0.1) is 0 Å². The van der Waals surface area contributed by atoms with Crippen LogP contribution in [-0.2, 0) is 9.59 Å². The second-order valence-electron chi connectivity index (χ2n) is 3.94. The van der Waals surface area contributed by atoms with Crippen LogP contribution in [0.15, 0.2) is 0 Å². The van der Waals surface area contributed by atoms with Gasteiger partial charge in [0.05, 0.1) is 6.04 Å². The van der Waals surface area contributed by atoms with Crippen LogP contribution in [-0.4, -0.2) is 47.3 Å². The first kappa shape index (κ1) is 12.9. The zero-order chi connectivity index (χ0) is 12.0. The number of piperidine rings is 1. The Bertz CT molecular complexity index is 251. The molecular formula is C10H18N2O4. The average molecular weight is 230 g/mol. The zero-order valence-electron chi connectivity index (χ0n) is 9.11. The summed E-state index contributed by atoms with van der Waals surface area (Å²) in [6.45, 7) is 1.03. The van der Waals surface area contributed by atoms with E-state index in [1.807, 2.05) is 0 Å². The summed E-state index contributed by atoms with van der Waals surface area (Å²) in [5.41, 5.74) is 0. The van der Waals surface area contributed by atoms with Gasteiger partial charge in [-0.15, -0.1) is 0 Å². The summed E-state index contributed by atoms with van der Waals surface area (Å²) in [4.78, 5) is 21.8. The Kier molecular flexibility index (Phi) is 5.21. The van der Waals surface area contributed by atoms with Crippen LogP contribution in [0.4, 0.5) is 0 Å². The molecule has 0 bridgehead atoms. The summed E-state index contributed by atoms with van der Waals surface area (Å²) < 4.78 is 0. The lowest BCUT2D eigenvalue weighted by atomic mass is 10.0. The minimum atomic E-state index is -1.40. The summed E-state index contributed by atoms with van der Waals surface area (Å²) in [5.74, 6) is -1.37. The molecule has 1 aliphatic heterocycles. The summed E-state index contributed by atoms with van der Waals surface area (Å²) in [5, 5.41) is 23.1. The quantitative estimate of drug-likeness (QED) is 0.489. The third kappa shape index (κ3) is 4.16. The van der Waals surface area contributed by atoms with Gasteiger partial charge in [0.15, 0.2) is 6.10 Å². The molecule has 0 spiro atoms. The molecule has 6 heteroatoms. The minimum absolute atomic E-state index is 0.0355. The molecule has 6 nitrogen and oxygen atoms in total. The van der Waals surface area contributed by atoms with Crippen molar-refractivity contribution in [1.82, 2.24) is 10.6 Å². The lowest BCUT2D eigenvalue weighted by molar-refractivity contribution is -0.147. The van der Waals surface area contributed by atoms with Crippen molar-refractivity contribution >= 4 is 11.9 Å². The van der Waals surface area contributed by atoms with Crippen LogP contribution in [0.25, 0.3) is 0 Å². The van der Waals surface area contributed by atoms with E-state index in [9.17, 15) is 9.59 Å². The van der Waals surface area contributed by atoms with Gasteiger partial charge in [0, 0.05) is 13.0 Å². The maximum atomic E-state index is 11.5. The van der Waals surface area contributed by atoms with E-state index in [1.165, 1.54) is 0 Å². The van der Waals surface area contributed by atoms with Crippen LogP contribution in [0.2, 0.25) is 0 Å². The lowest BCUT2D eigenvalue weighted by Gasteiger charge is -2.22. The number of carbonyl (C=O) groups excluding carboxylic acids is 1. The molecule has 0 unspecified atom stereocenters. The number of hydrogen-bond acceptors (Lipinski definition) is 4. The summed E-state index contributed by atoms with van der Waals surface area (Å²) in [6.07, 6.45) is 1.56. The van der Waals surface area contributed by atoms with Crippen molar-refractivity contribution in [2.45, 2.75) is 37.8 Å². The highest BCUT2D eigenvalue weighted by Crippen LogP contribution is 2.06. The van der Waals surface area contributed by atoms with Crippen LogP contribution < -0.4 is 10.6 Å². The van der Waals surface area contributed by atoms with E-state index in [-0.39, 0.29) is 24.9 Å². The van der Waals surface area contributed by atoms with Crippen molar-refractivity contribution in [3.8, 4) is 0 Å². The van der Waals surface area contributed by atoms with E-state index in [0.29, 0.717) is 0 Å². The minimum Gasteiger partial charge on any atom is -0.479 e. The van der Waals surface area contributed by atoms with E-state index in [0.717, 1.165) is 25.8 Å². The van der Waals surface area contributed by atoms with Crippen LogP contribution >= 0.6 is 0 Å². The average Bonchev–Trinajstić information content (AvgIpc) is 2.29. The number of nitrogens with one attached hydrogen (secondary N) is 2. The number of aliphatic hydroxyl groups excluding tert-OH is 1. The van der Waals surface area contributed by atoms with Crippen molar-refractivity contribution in [1.29, 1.82) is 0 Å². The summed E-state index contributed by atoms with van der Waals surface area (Å²) >= 11 is 0. The molecule has 1 amide bonds. The number of rotatable bonds is 5. The standard InChI is InChI=1S/C10H18N2O4/c13-8(10(15)16)4-6-12-9(14)7-3-1-2-5-11-7/h7-8,11,13H,1-6H2,(H,12,14)(H,15,16)/t7-,8-/m0/s1. The Balaban J connectivity index is 2.16. The number of carboxylic acid groups (broad SMARTS) is 1. The normalized spacial score (nSPS) is 22.4. The SMILES string of the molecule is O=C(NCC[C@H](O)C(=O)O)[C@@H]1CCCCN1. The molecule has 2 atom stereocenters. The van der Waals surface area contributed by atoms with Crippen LogP contribution in [0.3, 0.4) is 0 Å². The first-order valence-electron chi connectivity index (χ1n) is 5.53. The molecule has 0 aromatic carbocycles. The number of aliphatic carboxylic acids is 1. The number of carboxylic acids is 1. The molecule has 1 rings (SSSR count). The maximum absolute atomic E-state index is 11.5. The van der Waals surface area contributed by atoms with Crippen molar-refractivity contribution in [3.63, 3.8) is 0 Å². The van der Waals surface area contributed by atoms with Gasteiger partial charge in [-0.2, -0.15) is 0 Å². The van der Waals surface area contributed by atoms with Gasteiger partial charge in [-0.1, -0.05) is 6.42 Å². The van der Waals surface area contributed by atoms with Gasteiger partial charge in [0.25, 0.3) is 0 Å². The Morgan fingerprint density at radius 2 is 2.19 bits per heavy atom. The molecule has 0 aromatic rings. The third-order valence-electron chi connectivity index (χ3n) is 2.63. The van der Waals surface area contributed by atoms with Gasteiger partial charge in [-0.25, -0.2) is 4.79 Å². The molecule has 1 fully saturated rings. The third-order valence-corrected chi connectivity index (χ3v) is 2.63. The Morgan fingerprint density at radius 1 is 1.44 bits per heavy atom. The molecule has 92 valence electrons. The van der Waals surface area contributed by atoms with Gasteiger partial charge in [-0.3, -0.25) is 4.79 Å². The molecule has 1 heterocycles. The second kappa shape index (κ2) is 6.44.